The quantitative estimate of drug-likeness (QED) is 0.330. The van der Waals surface area contributed by atoms with Gasteiger partial charge < -0.3 is 14.2 Å². The molecule has 0 bridgehead atoms. The number of aromatic nitrogens is 2. The van der Waals surface area contributed by atoms with Crippen molar-refractivity contribution in [3.05, 3.63) is 39.4 Å². The first-order valence-corrected chi connectivity index (χ1v) is 10.6. The van der Waals surface area contributed by atoms with E-state index in [-0.39, 0.29) is 12.0 Å². The second-order valence-electron chi connectivity index (χ2n) is 6.43. The molecule has 8 heteroatoms. The lowest BCUT2D eigenvalue weighted by molar-refractivity contribution is -0.135. The van der Waals surface area contributed by atoms with Gasteiger partial charge in [0.1, 0.15) is 16.5 Å². The van der Waals surface area contributed by atoms with E-state index in [0.717, 1.165) is 21.4 Å². The Hall–Kier alpha value is -2.03. The van der Waals surface area contributed by atoms with Gasteiger partial charge in [0, 0.05) is 29.7 Å². The van der Waals surface area contributed by atoms with E-state index in [1.54, 1.807) is 29.8 Å². The summed E-state index contributed by atoms with van der Waals surface area (Å²) in [5.41, 5.74) is 1.75. The largest absolute Gasteiger partial charge is 0.500 e. The molecule has 2 heterocycles. The summed E-state index contributed by atoms with van der Waals surface area (Å²) in [6.45, 7) is 6.19. The predicted octanol–water partition coefficient (Wildman–Crippen LogP) is 4.76. The third kappa shape index (κ3) is 5.73. The minimum atomic E-state index is -0.462. The predicted molar refractivity (Wildman–Crippen MR) is 113 cm³/mol. The highest BCUT2D eigenvalue weighted by Crippen LogP contribution is 2.29. The molecule has 152 valence electrons. The highest BCUT2D eigenvalue weighted by molar-refractivity contribution is 7.14. The van der Waals surface area contributed by atoms with E-state index in [4.69, 9.17) is 9.47 Å². The molecule has 2 aromatic heterocycles. The fraction of sp³-hybridized carbons (Fsp3) is 0.450. The van der Waals surface area contributed by atoms with Crippen LogP contribution in [0.4, 0.5) is 0 Å². The summed E-state index contributed by atoms with van der Waals surface area (Å²) in [5.74, 6) is 0.271. The molecule has 0 amide bonds. The van der Waals surface area contributed by atoms with Crippen molar-refractivity contribution in [2.24, 2.45) is 5.92 Å². The van der Waals surface area contributed by atoms with Gasteiger partial charge in [0.25, 0.3) is 0 Å². The van der Waals surface area contributed by atoms with Crippen LogP contribution in [0.2, 0.25) is 0 Å². The summed E-state index contributed by atoms with van der Waals surface area (Å²) in [6.07, 6.45) is 4.87. The van der Waals surface area contributed by atoms with Crippen LogP contribution in [0.1, 0.15) is 37.4 Å². The average molecular weight is 423 g/mol. The maximum Gasteiger partial charge on any atom is 0.333 e. The molecule has 0 spiro atoms. The van der Waals surface area contributed by atoms with Crippen LogP contribution in [0.15, 0.2) is 28.7 Å². The molecule has 0 aromatic carbocycles. The highest BCUT2D eigenvalue weighted by Gasteiger charge is 2.20. The van der Waals surface area contributed by atoms with E-state index in [0.29, 0.717) is 11.7 Å². The van der Waals surface area contributed by atoms with Crippen LogP contribution in [0.3, 0.4) is 0 Å². The number of hydrogen-bond acceptors (Lipinski definition) is 8. The van der Waals surface area contributed by atoms with Crippen molar-refractivity contribution in [3.8, 4) is 10.7 Å². The molecule has 0 unspecified atom stereocenters. The van der Waals surface area contributed by atoms with Crippen molar-refractivity contribution in [1.29, 1.82) is 0 Å². The normalized spacial score (nSPS) is 14.5. The fourth-order valence-electron chi connectivity index (χ4n) is 2.49. The van der Waals surface area contributed by atoms with E-state index < -0.39 is 5.97 Å². The third-order valence-electron chi connectivity index (χ3n) is 4.12. The zero-order valence-electron chi connectivity index (χ0n) is 17.0. The van der Waals surface area contributed by atoms with Gasteiger partial charge in [-0.15, -0.1) is 22.7 Å². The van der Waals surface area contributed by atoms with Crippen LogP contribution in [0.5, 0.6) is 0 Å². The molecule has 0 aliphatic rings. The van der Waals surface area contributed by atoms with Gasteiger partial charge in [0.2, 0.25) is 0 Å². The minimum Gasteiger partial charge on any atom is -0.500 e. The first-order valence-electron chi connectivity index (χ1n) is 8.85. The molecule has 0 saturated heterocycles. The summed E-state index contributed by atoms with van der Waals surface area (Å²) in [6, 6.07) is 0. The molecule has 0 fully saturated rings. The molecule has 0 aliphatic heterocycles. The number of methoxy groups -OCH3 is 3. The van der Waals surface area contributed by atoms with Gasteiger partial charge in [-0.05, 0) is 6.08 Å². The third-order valence-corrected chi connectivity index (χ3v) is 6.15. The fourth-order valence-corrected chi connectivity index (χ4v) is 4.13. The lowest BCUT2D eigenvalue weighted by atomic mass is 10.0. The number of esters is 1. The SMILES string of the molecule is COC(=O)/C=C(/OC)[C@@H](C)[C@@H](/C=C/c1csc(-c2csc(C(C)C)n2)n1)OC. The van der Waals surface area contributed by atoms with Crippen LogP contribution < -0.4 is 0 Å². The highest BCUT2D eigenvalue weighted by atomic mass is 32.1. The molecular formula is C20H26N2O4S2. The van der Waals surface area contributed by atoms with Crippen molar-refractivity contribution in [2.75, 3.05) is 21.3 Å². The van der Waals surface area contributed by atoms with Gasteiger partial charge in [0.15, 0.2) is 0 Å². The minimum absolute atomic E-state index is 0.171. The van der Waals surface area contributed by atoms with Crippen LogP contribution in [0.25, 0.3) is 16.8 Å². The number of rotatable bonds is 9. The van der Waals surface area contributed by atoms with Crippen molar-refractivity contribution >= 4 is 34.7 Å². The standard InChI is InChI=1S/C20H26N2O4S2/c1-12(2)19-22-15(11-28-19)20-21-14(10-27-20)7-8-16(24-4)13(3)17(25-5)9-18(23)26-6/h7-13,16H,1-6H3/b8-7+,17-9+/t13-,16+/m0/s1. The molecule has 0 radical (unpaired) electrons. The molecule has 2 atom stereocenters. The van der Waals surface area contributed by atoms with Crippen LogP contribution in [-0.2, 0) is 19.0 Å². The lowest BCUT2D eigenvalue weighted by Gasteiger charge is -2.21. The Bertz CT molecular complexity index is 839. The van der Waals surface area contributed by atoms with Gasteiger partial charge in [-0.3, -0.25) is 0 Å². The van der Waals surface area contributed by atoms with Crippen LogP contribution >= 0.6 is 22.7 Å². The van der Waals surface area contributed by atoms with Crippen molar-refractivity contribution < 1.29 is 19.0 Å². The Morgan fingerprint density at radius 2 is 1.82 bits per heavy atom. The Morgan fingerprint density at radius 1 is 1.07 bits per heavy atom. The first-order chi connectivity index (χ1) is 13.4. The Kier molecular flexibility index (Phi) is 8.35. The number of carbonyl (C=O) groups excluding carboxylic acids is 1. The summed E-state index contributed by atoms with van der Waals surface area (Å²) < 4.78 is 15.6. The van der Waals surface area contributed by atoms with E-state index in [2.05, 4.69) is 28.6 Å². The molecule has 0 saturated carbocycles. The summed E-state index contributed by atoms with van der Waals surface area (Å²) in [4.78, 5) is 20.8. The number of ether oxygens (including phenoxy) is 3. The molecule has 28 heavy (non-hydrogen) atoms. The van der Waals surface area contributed by atoms with E-state index >= 15 is 0 Å². The first kappa shape index (κ1) is 22.3. The van der Waals surface area contributed by atoms with Crippen molar-refractivity contribution in [2.45, 2.75) is 32.8 Å². The topological polar surface area (TPSA) is 70.5 Å². The number of nitrogens with zero attached hydrogens (tertiary/aromatic N) is 2. The van der Waals surface area contributed by atoms with Crippen molar-refractivity contribution in [3.63, 3.8) is 0 Å². The second-order valence-corrected chi connectivity index (χ2v) is 8.17. The molecule has 2 rings (SSSR count). The maximum absolute atomic E-state index is 11.5. The molecule has 2 aromatic rings. The van der Waals surface area contributed by atoms with E-state index in [9.17, 15) is 4.79 Å². The summed E-state index contributed by atoms with van der Waals surface area (Å²) in [7, 11) is 4.47. The number of hydrogen-bond donors (Lipinski definition) is 0. The van der Waals surface area contributed by atoms with Crippen LogP contribution in [0, 0.1) is 5.92 Å². The molecule has 0 N–H and O–H groups in total. The van der Waals surface area contributed by atoms with Gasteiger partial charge in [0.05, 0.1) is 37.1 Å². The zero-order chi connectivity index (χ0) is 20.7. The molecule has 6 nitrogen and oxygen atoms in total. The smallest absolute Gasteiger partial charge is 0.333 e. The Balaban J connectivity index is 2.13. The monoisotopic (exact) mass is 422 g/mol. The average Bonchev–Trinajstić information content (AvgIpc) is 3.35. The van der Waals surface area contributed by atoms with Crippen molar-refractivity contribution in [1.82, 2.24) is 9.97 Å². The summed E-state index contributed by atoms with van der Waals surface area (Å²) in [5, 5.41) is 6.04. The van der Waals surface area contributed by atoms with E-state index in [1.807, 2.05) is 29.8 Å². The number of thiazole rings is 2. The van der Waals surface area contributed by atoms with Gasteiger partial charge in [-0.1, -0.05) is 26.8 Å². The Morgan fingerprint density at radius 3 is 2.39 bits per heavy atom. The molecule has 0 aliphatic carbocycles. The van der Waals surface area contributed by atoms with Crippen LogP contribution in [-0.4, -0.2) is 43.4 Å². The number of carbonyl (C=O) groups is 1. The molecular weight excluding hydrogens is 396 g/mol. The zero-order valence-corrected chi connectivity index (χ0v) is 18.6. The lowest BCUT2D eigenvalue weighted by Crippen LogP contribution is -2.21. The van der Waals surface area contributed by atoms with E-state index in [1.165, 1.54) is 20.3 Å². The van der Waals surface area contributed by atoms with Gasteiger partial charge >= 0.3 is 5.97 Å². The maximum atomic E-state index is 11.5. The second kappa shape index (κ2) is 10.5. The Labute approximate surface area is 173 Å². The summed E-state index contributed by atoms with van der Waals surface area (Å²) >= 11 is 3.22. The van der Waals surface area contributed by atoms with Gasteiger partial charge in [-0.2, -0.15) is 0 Å². The van der Waals surface area contributed by atoms with Gasteiger partial charge in [-0.25, -0.2) is 14.8 Å².